The van der Waals surface area contributed by atoms with Crippen LogP contribution in [0.15, 0.2) is 34.2 Å². The highest BCUT2D eigenvalue weighted by molar-refractivity contribution is 4.92. The van der Waals surface area contributed by atoms with Crippen molar-refractivity contribution in [2.24, 2.45) is 0 Å². The van der Waals surface area contributed by atoms with Gasteiger partial charge in [-0.25, -0.2) is 4.79 Å². The Labute approximate surface area is 79.6 Å². The summed E-state index contributed by atoms with van der Waals surface area (Å²) in [6.45, 7) is 3.67. The van der Waals surface area contributed by atoms with Crippen molar-refractivity contribution in [1.29, 1.82) is 0 Å². The van der Waals surface area contributed by atoms with E-state index >= 15 is 0 Å². The molecule has 0 spiro atoms. The van der Waals surface area contributed by atoms with Gasteiger partial charge in [-0.2, -0.15) is 0 Å². The number of aromatic nitrogens is 2. The molecule has 0 aromatic carbocycles. The maximum absolute atomic E-state index is 11.3. The van der Waals surface area contributed by atoms with Crippen molar-refractivity contribution >= 4 is 0 Å². The van der Waals surface area contributed by atoms with E-state index in [2.05, 4.69) is 11.6 Å². The third-order valence-corrected chi connectivity index (χ3v) is 2.13. The Bertz CT molecular complexity index is 471. The second-order valence-corrected chi connectivity index (χ2v) is 3.17. The van der Waals surface area contributed by atoms with Gasteiger partial charge in [0.1, 0.15) is 0 Å². The summed E-state index contributed by atoms with van der Waals surface area (Å²) in [6.07, 6.45) is 2.57. The highest BCUT2D eigenvalue weighted by Gasteiger charge is 2.21. The third-order valence-electron chi connectivity index (χ3n) is 2.13. The van der Waals surface area contributed by atoms with Crippen LogP contribution in [0.4, 0.5) is 0 Å². The summed E-state index contributed by atoms with van der Waals surface area (Å²) in [5, 5.41) is 0. The first-order valence-corrected chi connectivity index (χ1v) is 4.33. The molecule has 2 heterocycles. The number of aromatic amines is 1. The zero-order valence-electron chi connectivity index (χ0n) is 7.53. The molecule has 14 heavy (non-hydrogen) atoms. The van der Waals surface area contributed by atoms with E-state index < -0.39 is 11.2 Å². The molecule has 5 heteroatoms. The van der Waals surface area contributed by atoms with Gasteiger partial charge in [0.25, 0.3) is 5.56 Å². The molecule has 1 aromatic rings. The molecular weight excluding hydrogens is 184 g/mol. The molecule has 1 aliphatic rings. The number of H-pyrrole nitrogens is 1. The zero-order chi connectivity index (χ0) is 10.1. The molecule has 0 aliphatic carbocycles. The van der Waals surface area contributed by atoms with E-state index in [-0.39, 0.29) is 6.23 Å². The van der Waals surface area contributed by atoms with Gasteiger partial charge in [0, 0.05) is 25.1 Å². The predicted molar refractivity (Wildman–Crippen MR) is 49.8 cm³/mol. The van der Waals surface area contributed by atoms with Gasteiger partial charge < -0.3 is 4.74 Å². The van der Waals surface area contributed by atoms with Crippen LogP contribution in [0.25, 0.3) is 0 Å². The fourth-order valence-electron chi connectivity index (χ4n) is 1.44. The van der Waals surface area contributed by atoms with Crippen LogP contribution < -0.4 is 11.2 Å². The fraction of sp³-hybridized carbons (Fsp3) is 0.333. The average Bonchev–Trinajstić information content (AvgIpc) is 2.51. The first kappa shape index (κ1) is 8.80. The zero-order valence-corrected chi connectivity index (χ0v) is 7.53. The van der Waals surface area contributed by atoms with Gasteiger partial charge >= 0.3 is 5.69 Å². The van der Waals surface area contributed by atoms with E-state index in [1.54, 1.807) is 0 Å². The van der Waals surface area contributed by atoms with Crippen LogP contribution in [0.3, 0.4) is 0 Å². The van der Waals surface area contributed by atoms with Crippen molar-refractivity contribution in [2.75, 3.05) is 0 Å². The quantitative estimate of drug-likeness (QED) is 0.702. The standard InChI is InChI=1S/C9H10N2O3/c1-6-2-3-8(14-6)11-5-4-7(12)10-9(11)13/h4-5,8H,1-3H2,(H,10,12,13). The Kier molecular flexibility index (Phi) is 1.99. The summed E-state index contributed by atoms with van der Waals surface area (Å²) in [6, 6.07) is 1.30. The first-order chi connectivity index (χ1) is 6.66. The summed E-state index contributed by atoms with van der Waals surface area (Å²) < 4.78 is 6.68. The molecule has 0 bridgehead atoms. The third kappa shape index (κ3) is 1.48. The SMILES string of the molecule is C=C1CCC(n2ccc(=O)[nH]c2=O)O1. The highest BCUT2D eigenvalue weighted by Crippen LogP contribution is 2.27. The lowest BCUT2D eigenvalue weighted by molar-refractivity contribution is 0.0938. The van der Waals surface area contributed by atoms with E-state index in [9.17, 15) is 9.59 Å². The topological polar surface area (TPSA) is 64.1 Å². The summed E-state index contributed by atoms with van der Waals surface area (Å²) in [5.74, 6) is 0.674. The number of hydrogen-bond acceptors (Lipinski definition) is 3. The van der Waals surface area contributed by atoms with E-state index in [1.807, 2.05) is 0 Å². The molecule has 2 rings (SSSR count). The minimum Gasteiger partial charge on any atom is -0.475 e. The van der Waals surface area contributed by atoms with E-state index in [1.165, 1.54) is 16.8 Å². The predicted octanol–water partition coefficient (Wildman–Crippen LogP) is 0.359. The normalized spacial score (nSPS) is 20.9. The van der Waals surface area contributed by atoms with Crippen molar-refractivity contribution < 1.29 is 4.74 Å². The summed E-state index contributed by atoms with van der Waals surface area (Å²) in [7, 11) is 0. The molecule has 1 fully saturated rings. The number of hydrogen-bond donors (Lipinski definition) is 1. The van der Waals surface area contributed by atoms with Crippen LogP contribution in [-0.4, -0.2) is 9.55 Å². The lowest BCUT2D eigenvalue weighted by atomic mass is 10.3. The Balaban J connectivity index is 2.38. The molecule has 1 N–H and O–H groups in total. The molecule has 1 aromatic heterocycles. The van der Waals surface area contributed by atoms with Crippen LogP contribution in [0.5, 0.6) is 0 Å². The van der Waals surface area contributed by atoms with Crippen molar-refractivity contribution in [3.63, 3.8) is 0 Å². The van der Waals surface area contributed by atoms with Gasteiger partial charge in [-0.05, 0) is 0 Å². The Morgan fingerprint density at radius 1 is 1.57 bits per heavy atom. The van der Waals surface area contributed by atoms with Crippen molar-refractivity contribution in [3.05, 3.63) is 45.4 Å². The number of nitrogens with one attached hydrogen (secondary N) is 1. The molecular formula is C9H10N2O3. The van der Waals surface area contributed by atoms with Crippen LogP contribution >= 0.6 is 0 Å². The molecule has 1 aliphatic heterocycles. The van der Waals surface area contributed by atoms with E-state index in [0.29, 0.717) is 12.2 Å². The van der Waals surface area contributed by atoms with Gasteiger partial charge in [-0.1, -0.05) is 6.58 Å². The van der Waals surface area contributed by atoms with Gasteiger partial charge in [0.15, 0.2) is 6.23 Å². The summed E-state index contributed by atoms with van der Waals surface area (Å²) in [4.78, 5) is 24.3. The smallest absolute Gasteiger partial charge is 0.331 e. The number of ether oxygens (including phenoxy) is 1. The maximum atomic E-state index is 11.3. The monoisotopic (exact) mass is 194 g/mol. The molecule has 1 saturated heterocycles. The van der Waals surface area contributed by atoms with Gasteiger partial charge in [-0.3, -0.25) is 14.3 Å². The van der Waals surface area contributed by atoms with Gasteiger partial charge in [-0.15, -0.1) is 0 Å². The minimum atomic E-state index is -0.447. The molecule has 1 unspecified atom stereocenters. The minimum absolute atomic E-state index is 0.327. The molecule has 0 amide bonds. The lowest BCUT2D eigenvalue weighted by Gasteiger charge is -2.12. The van der Waals surface area contributed by atoms with Crippen molar-refractivity contribution in [3.8, 4) is 0 Å². The number of nitrogens with zero attached hydrogens (tertiary/aromatic N) is 1. The number of allylic oxidation sites excluding steroid dienone is 1. The number of rotatable bonds is 1. The van der Waals surface area contributed by atoms with Gasteiger partial charge in [0.2, 0.25) is 0 Å². The molecule has 74 valence electrons. The van der Waals surface area contributed by atoms with E-state index in [0.717, 1.165) is 6.42 Å². The van der Waals surface area contributed by atoms with Crippen LogP contribution in [0.1, 0.15) is 19.1 Å². The second-order valence-electron chi connectivity index (χ2n) is 3.17. The highest BCUT2D eigenvalue weighted by atomic mass is 16.5. The maximum Gasteiger partial charge on any atom is 0.331 e. The van der Waals surface area contributed by atoms with E-state index in [4.69, 9.17) is 4.74 Å². The van der Waals surface area contributed by atoms with Crippen LogP contribution in [0, 0.1) is 0 Å². The Morgan fingerprint density at radius 2 is 2.36 bits per heavy atom. The van der Waals surface area contributed by atoms with Crippen molar-refractivity contribution in [2.45, 2.75) is 19.1 Å². The Hall–Kier alpha value is -1.78. The summed E-state index contributed by atoms with van der Waals surface area (Å²) >= 11 is 0. The van der Waals surface area contributed by atoms with Crippen molar-refractivity contribution in [1.82, 2.24) is 9.55 Å². The lowest BCUT2D eigenvalue weighted by Crippen LogP contribution is -2.31. The van der Waals surface area contributed by atoms with Crippen LogP contribution in [0.2, 0.25) is 0 Å². The van der Waals surface area contributed by atoms with Gasteiger partial charge in [0.05, 0.1) is 5.76 Å². The molecule has 1 atom stereocenters. The average molecular weight is 194 g/mol. The summed E-state index contributed by atoms with van der Waals surface area (Å²) in [5.41, 5.74) is -0.847. The Morgan fingerprint density at radius 3 is 2.93 bits per heavy atom. The molecule has 0 saturated carbocycles. The largest absolute Gasteiger partial charge is 0.475 e. The first-order valence-electron chi connectivity index (χ1n) is 4.33. The molecule has 5 nitrogen and oxygen atoms in total. The fourth-order valence-corrected chi connectivity index (χ4v) is 1.44. The van der Waals surface area contributed by atoms with Crippen LogP contribution in [-0.2, 0) is 4.74 Å². The molecule has 0 radical (unpaired) electrons. The second kappa shape index (κ2) is 3.17.